The van der Waals surface area contributed by atoms with Crippen molar-refractivity contribution >= 4 is 29.4 Å². The number of hydrogen-bond donors (Lipinski definition) is 0. The van der Waals surface area contributed by atoms with Gasteiger partial charge in [0.2, 0.25) is 0 Å². The molecule has 0 N–H and O–H groups in total. The van der Waals surface area contributed by atoms with E-state index >= 15 is 0 Å². The molecule has 1 fully saturated rings. The normalized spacial score (nSPS) is 14.7. The zero-order valence-corrected chi connectivity index (χ0v) is 12.9. The zero-order valence-electron chi connectivity index (χ0n) is 12.1. The van der Waals surface area contributed by atoms with E-state index in [2.05, 4.69) is 0 Å². The fourth-order valence-corrected chi connectivity index (χ4v) is 2.49. The number of urea groups is 1. The van der Waals surface area contributed by atoms with Crippen LogP contribution in [0.4, 0.5) is 4.79 Å². The molecule has 0 saturated carbocycles. The van der Waals surface area contributed by atoms with Gasteiger partial charge in [-0.2, -0.15) is 0 Å². The van der Waals surface area contributed by atoms with Crippen LogP contribution in [0.5, 0.6) is 0 Å². The molecule has 1 aliphatic heterocycles. The predicted octanol–water partition coefficient (Wildman–Crippen LogP) is 2.83. The molecule has 6 heteroatoms. The summed E-state index contributed by atoms with van der Waals surface area (Å²) in [5.41, 5.74) is 1.51. The van der Waals surface area contributed by atoms with Crippen LogP contribution in [0.15, 0.2) is 54.6 Å². The summed E-state index contributed by atoms with van der Waals surface area (Å²) in [7, 11) is 0. The number of hydrogen-bond acceptors (Lipinski definition) is 3. The summed E-state index contributed by atoms with van der Waals surface area (Å²) in [6, 6.07) is 15.2. The Bertz CT molecular complexity index is 759. The predicted molar refractivity (Wildman–Crippen MR) is 84.4 cm³/mol. The summed E-state index contributed by atoms with van der Waals surface area (Å²) < 4.78 is 0. The van der Waals surface area contributed by atoms with Gasteiger partial charge in [-0.1, -0.05) is 54.1 Å². The second-order valence-corrected chi connectivity index (χ2v) is 5.61. The topological polar surface area (TPSA) is 57.7 Å². The molecule has 3 rings (SSSR count). The van der Waals surface area contributed by atoms with Crippen molar-refractivity contribution in [3.05, 3.63) is 70.7 Å². The van der Waals surface area contributed by atoms with E-state index in [0.29, 0.717) is 5.02 Å². The van der Waals surface area contributed by atoms with E-state index in [4.69, 9.17) is 11.6 Å². The van der Waals surface area contributed by atoms with Crippen LogP contribution < -0.4 is 0 Å². The van der Waals surface area contributed by atoms with Crippen molar-refractivity contribution in [3.8, 4) is 0 Å². The minimum Gasteiger partial charge on any atom is -0.263 e. The number of nitrogens with zero attached hydrogens (tertiary/aromatic N) is 2. The van der Waals surface area contributed by atoms with Gasteiger partial charge in [0.25, 0.3) is 0 Å². The lowest BCUT2D eigenvalue weighted by molar-refractivity contribution is -0.143. The van der Waals surface area contributed by atoms with Crippen LogP contribution in [0.1, 0.15) is 11.1 Å². The number of amides is 4. The molecule has 2 aromatic carbocycles. The molecule has 1 saturated heterocycles. The molecular formula is C17H13ClN2O3. The Morgan fingerprint density at radius 1 is 0.696 bits per heavy atom. The number of carbonyl (C=O) groups excluding carboxylic acids is 3. The Balaban J connectivity index is 1.78. The lowest BCUT2D eigenvalue weighted by Crippen LogP contribution is -2.32. The summed E-state index contributed by atoms with van der Waals surface area (Å²) in [4.78, 5) is 38.4. The first-order valence-electron chi connectivity index (χ1n) is 7.02. The lowest BCUT2D eigenvalue weighted by Gasteiger charge is -2.15. The summed E-state index contributed by atoms with van der Waals surface area (Å²) >= 11 is 5.81. The minimum atomic E-state index is -0.805. The standard InChI is InChI=1S/C17H13ClN2O3/c18-14-8-6-13(7-9-14)11-20-16(22)15(21)19(17(20)23)10-12-4-2-1-3-5-12/h1-9H,10-11H2. The van der Waals surface area contributed by atoms with Gasteiger partial charge in [0, 0.05) is 5.02 Å². The number of halogens is 1. The third-order valence-corrected chi connectivity index (χ3v) is 3.82. The first kappa shape index (κ1) is 15.2. The average molecular weight is 329 g/mol. The zero-order chi connectivity index (χ0) is 16.4. The fourth-order valence-electron chi connectivity index (χ4n) is 2.37. The van der Waals surface area contributed by atoms with Gasteiger partial charge in [0.05, 0.1) is 13.1 Å². The van der Waals surface area contributed by atoms with Crippen LogP contribution in [-0.4, -0.2) is 27.6 Å². The fraction of sp³-hybridized carbons (Fsp3) is 0.118. The van der Waals surface area contributed by atoms with E-state index in [9.17, 15) is 14.4 Å². The van der Waals surface area contributed by atoms with Gasteiger partial charge in [-0.05, 0) is 23.3 Å². The molecule has 0 radical (unpaired) electrons. The van der Waals surface area contributed by atoms with Gasteiger partial charge < -0.3 is 0 Å². The van der Waals surface area contributed by atoms with E-state index in [1.54, 1.807) is 36.4 Å². The molecule has 0 aliphatic carbocycles. The Kier molecular flexibility index (Phi) is 4.12. The van der Waals surface area contributed by atoms with Crippen molar-refractivity contribution in [2.24, 2.45) is 0 Å². The van der Waals surface area contributed by atoms with Crippen molar-refractivity contribution in [2.75, 3.05) is 0 Å². The van der Waals surface area contributed by atoms with E-state index in [1.807, 2.05) is 18.2 Å². The number of rotatable bonds is 4. The van der Waals surface area contributed by atoms with Crippen LogP contribution in [0, 0.1) is 0 Å². The van der Waals surface area contributed by atoms with Gasteiger partial charge in [-0.25, -0.2) is 4.79 Å². The molecule has 23 heavy (non-hydrogen) atoms. The van der Waals surface area contributed by atoms with Crippen molar-refractivity contribution < 1.29 is 14.4 Å². The highest BCUT2D eigenvalue weighted by Gasteiger charge is 2.44. The Morgan fingerprint density at radius 3 is 1.70 bits per heavy atom. The van der Waals surface area contributed by atoms with Gasteiger partial charge in [-0.15, -0.1) is 0 Å². The molecule has 1 heterocycles. The van der Waals surface area contributed by atoms with Crippen LogP contribution in [0.3, 0.4) is 0 Å². The second kappa shape index (κ2) is 6.22. The Morgan fingerprint density at radius 2 is 1.17 bits per heavy atom. The first-order valence-corrected chi connectivity index (χ1v) is 7.40. The van der Waals surface area contributed by atoms with Gasteiger partial charge >= 0.3 is 17.8 Å². The van der Waals surface area contributed by atoms with Crippen LogP contribution in [0.25, 0.3) is 0 Å². The van der Waals surface area contributed by atoms with Crippen molar-refractivity contribution in [3.63, 3.8) is 0 Å². The molecule has 0 aromatic heterocycles. The molecule has 2 aromatic rings. The molecular weight excluding hydrogens is 316 g/mol. The molecule has 1 aliphatic rings. The summed E-state index contributed by atoms with van der Waals surface area (Å²) in [5.74, 6) is -1.60. The summed E-state index contributed by atoms with van der Waals surface area (Å²) in [6.45, 7) is 0.132. The molecule has 5 nitrogen and oxygen atoms in total. The smallest absolute Gasteiger partial charge is 0.263 e. The molecule has 4 amide bonds. The van der Waals surface area contributed by atoms with Gasteiger partial charge in [0.15, 0.2) is 0 Å². The van der Waals surface area contributed by atoms with E-state index in [1.165, 1.54) is 0 Å². The van der Waals surface area contributed by atoms with Gasteiger partial charge in [-0.3, -0.25) is 19.4 Å². The first-order chi connectivity index (χ1) is 11.1. The number of imide groups is 2. The maximum absolute atomic E-state index is 12.4. The maximum Gasteiger partial charge on any atom is 0.334 e. The number of benzene rings is 2. The van der Waals surface area contributed by atoms with E-state index < -0.39 is 17.8 Å². The highest BCUT2D eigenvalue weighted by Crippen LogP contribution is 2.19. The largest absolute Gasteiger partial charge is 0.334 e. The highest BCUT2D eigenvalue weighted by molar-refractivity contribution is 6.44. The minimum absolute atomic E-state index is 0.0475. The Hall–Kier alpha value is -2.66. The average Bonchev–Trinajstić information content (AvgIpc) is 2.76. The highest BCUT2D eigenvalue weighted by atomic mass is 35.5. The molecule has 0 atom stereocenters. The van der Waals surface area contributed by atoms with Crippen molar-refractivity contribution in [1.82, 2.24) is 9.80 Å². The third kappa shape index (κ3) is 3.10. The van der Waals surface area contributed by atoms with E-state index in [-0.39, 0.29) is 13.1 Å². The number of carbonyl (C=O) groups is 3. The van der Waals surface area contributed by atoms with E-state index in [0.717, 1.165) is 20.9 Å². The summed E-state index contributed by atoms with van der Waals surface area (Å²) in [5, 5.41) is 0.564. The Labute approximate surface area is 138 Å². The van der Waals surface area contributed by atoms with Gasteiger partial charge in [0.1, 0.15) is 0 Å². The van der Waals surface area contributed by atoms with Crippen molar-refractivity contribution in [2.45, 2.75) is 13.1 Å². The third-order valence-electron chi connectivity index (χ3n) is 3.57. The molecule has 116 valence electrons. The monoisotopic (exact) mass is 328 g/mol. The second-order valence-electron chi connectivity index (χ2n) is 5.18. The maximum atomic E-state index is 12.4. The molecule has 0 spiro atoms. The van der Waals surface area contributed by atoms with Crippen molar-refractivity contribution in [1.29, 1.82) is 0 Å². The SMILES string of the molecule is O=C1C(=O)N(Cc2ccc(Cl)cc2)C(=O)N1Cc1ccccc1. The lowest BCUT2D eigenvalue weighted by atomic mass is 10.2. The quantitative estimate of drug-likeness (QED) is 0.640. The van der Waals surface area contributed by atoms with Crippen LogP contribution >= 0.6 is 11.6 Å². The molecule has 0 unspecified atom stereocenters. The molecule has 0 bridgehead atoms. The van der Waals surface area contributed by atoms with Crippen LogP contribution in [0.2, 0.25) is 5.02 Å². The summed E-state index contributed by atoms with van der Waals surface area (Å²) in [6.07, 6.45) is 0. The van der Waals surface area contributed by atoms with Crippen LogP contribution in [-0.2, 0) is 22.7 Å².